The number of aromatic nitrogens is 1. The number of amides is 1. The van der Waals surface area contributed by atoms with Crippen molar-refractivity contribution in [1.82, 2.24) is 10.3 Å². The number of H-pyrrole nitrogens is 1. The van der Waals surface area contributed by atoms with E-state index < -0.39 is 0 Å². The van der Waals surface area contributed by atoms with Crippen molar-refractivity contribution >= 4 is 33.1 Å². The standard InChI is InChI=1S/C19H19N3O2S/c23-18(21-15-7-8-16-17(10-15)25-19(24)22-16)13-5-3-12(4-6-13)14-2-1-9-20-11-14/h3-8,10,14,20H,1-2,9,11H2,(H,21,23)(H,22,24). The van der Waals surface area contributed by atoms with Crippen molar-refractivity contribution in [2.75, 3.05) is 18.4 Å². The molecule has 1 aliphatic heterocycles. The molecule has 4 rings (SSSR count). The van der Waals surface area contributed by atoms with Gasteiger partial charge in [0.1, 0.15) is 0 Å². The number of carbonyl (C=O) groups excluding carboxylic acids is 1. The van der Waals surface area contributed by atoms with Gasteiger partial charge in [0, 0.05) is 17.8 Å². The summed E-state index contributed by atoms with van der Waals surface area (Å²) in [4.78, 5) is 26.5. The Morgan fingerprint density at radius 2 is 2.00 bits per heavy atom. The third kappa shape index (κ3) is 3.50. The van der Waals surface area contributed by atoms with E-state index in [0.717, 1.165) is 34.6 Å². The zero-order chi connectivity index (χ0) is 17.2. The van der Waals surface area contributed by atoms with Gasteiger partial charge in [0.2, 0.25) is 0 Å². The van der Waals surface area contributed by atoms with Crippen LogP contribution in [-0.4, -0.2) is 24.0 Å². The third-order valence-corrected chi connectivity index (χ3v) is 5.47. The number of benzene rings is 2. The molecule has 128 valence electrons. The molecule has 6 heteroatoms. The Kier molecular flexibility index (Phi) is 4.38. The van der Waals surface area contributed by atoms with E-state index in [-0.39, 0.29) is 10.8 Å². The van der Waals surface area contributed by atoms with Crippen LogP contribution < -0.4 is 15.5 Å². The van der Waals surface area contributed by atoms with Crippen LogP contribution in [0.2, 0.25) is 0 Å². The highest BCUT2D eigenvalue weighted by atomic mass is 32.1. The maximum atomic E-state index is 12.5. The molecular formula is C19H19N3O2S. The van der Waals surface area contributed by atoms with Crippen molar-refractivity contribution in [3.05, 3.63) is 63.3 Å². The van der Waals surface area contributed by atoms with E-state index in [1.165, 1.54) is 18.4 Å². The van der Waals surface area contributed by atoms with Crippen LogP contribution in [0.3, 0.4) is 0 Å². The Hall–Kier alpha value is -2.44. The van der Waals surface area contributed by atoms with Crippen LogP contribution in [0, 0.1) is 0 Å². The SMILES string of the molecule is O=C(Nc1ccc2[nH]c(=O)sc2c1)c1ccc(C2CCCNC2)cc1. The summed E-state index contributed by atoms with van der Waals surface area (Å²) in [5.41, 5.74) is 3.39. The third-order valence-electron chi connectivity index (χ3n) is 4.62. The number of anilines is 1. The van der Waals surface area contributed by atoms with Gasteiger partial charge < -0.3 is 15.6 Å². The highest BCUT2D eigenvalue weighted by Crippen LogP contribution is 2.24. The van der Waals surface area contributed by atoms with E-state index in [0.29, 0.717) is 17.2 Å². The normalized spacial score (nSPS) is 17.5. The minimum atomic E-state index is -0.143. The molecule has 2 aromatic carbocycles. The van der Waals surface area contributed by atoms with Crippen LogP contribution in [0.1, 0.15) is 34.7 Å². The van der Waals surface area contributed by atoms with Crippen molar-refractivity contribution in [3.63, 3.8) is 0 Å². The van der Waals surface area contributed by atoms with Crippen LogP contribution in [-0.2, 0) is 0 Å². The molecule has 1 aliphatic rings. The van der Waals surface area contributed by atoms with Crippen LogP contribution >= 0.6 is 11.3 Å². The molecule has 3 N–H and O–H groups in total. The van der Waals surface area contributed by atoms with Crippen molar-refractivity contribution in [1.29, 1.82) is 0 Å². The Morgan fingerprint density at radius 3 is 2.76 bits per heavy atom. The minimum absolute atomic E-state index is 0.0914. The quantitative estimate of drug-likeness (QED) is 0.676. The predicted molar refractivity (Wildman–Crippen MR) is 102 cm³/mol. The van der Waals surface area contributed by atoms with Gasteiger partial charge in [0.05, 0.1) is 10.2 Å². The maximum Gasteiger partial charge on any atom is 0.305 e. The van der Waals surface area contributed by atoms with Crippen LogP contribution in [0.5, 0.6) is 0 Å². The molecule has 1 atom stereocenters. The topological polar surface area (TPSA) is 74.0 Å². The number of carbonyl (C=O) groups is 1. The zero-order valence-corrected chi connectivity index (χ0v) is 14.5. The zero-order valence-electron chi connectivity index (χ0n) is 13.7. The van der Waals surface area contributed by atoms with Crippen molar-refractivity contribution in [2.24, 2.45) is 0 Å². The molecule has 0 radical (unpaired) electrons. The molecule has 1 saturated heterocycles. The molecule has 0 spiro atoms. The van der Waals surface area contributed by atoms with E-state index in [9.17, 15) is 9.59 Å². The van der Waals surface area contributed by atoms with Gasteiger partial charge in [0.15, 0.2) is 0 Å². The molecular weight excluding hydrogens is 334 g/mol. The lowest BCUT2D eigenvalue weighted by Crippen LogP contribution is -2.28. The van der Waals surface area contributed by atoms with E-state index in [1.807, 2.05) is 36.4 Å². The lowest BCUT2D eigenvalue weighted by atomic mass is 9.91. The average Bonchev–Trinajstić information content (AvgIpc) is 3.02. The summed E-state index contributed by atoms with van der Waals surface area (Å²) in [6.45, 7) is 2.10. The van der Waals surface area contributed by atoms with Crippen LogP contribution in [0.4, 0.5) is 5.69 Å². The summed E-state index contributed by atoms with van der Waals surface area (Å²) in [6, 6.07) is 13.3. The molecule has 1 unspecified atom stereocenters. The fraction of sp³-hybridized carbons (Fsp3) is 0.263. The largest absolute Gasteiger partial charge is 0.322 e. The van der Waals surface area contributed by atoms with Gasteiger partial charge >= 0.3 is 4.87 Å². The summed E-state index contributed by atoms with van der Waals surface area (Å²) in [5.74, 6) is 0.389. The number of fused-ring (bicyclic) bond motifs is 1. The molecule has 5 nitrogen and oxygen atoms in total. The first kappa shape index (κ1) is 16.1. The van der Waals surface area contributed by atoms with Crippen molar-refractivity contribution in [2.45, 2.75) is 18.8 Å². The van der Waals surface area contributed by atoms with E-state index >= 15 is 0 Å². The van der Waals surface area contributed by atoms with Crippen LogP contribution in [0.15, 0.2) is 47.3 Å². The lowest BCUT2D eigenvalue weighted by molar-refractivity contribution is 0.102. The first-order chi connectivity index (χ1) is 12.2. The lowest BCUT2D eigenvalue weighted by Gasteiger charge is -2.23. The molecule has 0 bridgehead atoms. The predicted octanol–water partition coefficient (Wildman–Crippen LogP) is 3.31. The second-order valence-electron chi connectivity index (χ2n) is 6.34. The van der Waals surface area contributed by atoms with Gasteiger partial charge in [-0.25, -0.2) is 0 Å². The first-order valence-electron chi connectivity index (χ1n) is 8.44. The highest BCUT2D eigenvalue weighted by Gasteiger charge is 2.15. The number of thiazole rings is 1. The Morgan fingerprint density at radius 1 is 1.16 bits per heavy atom. The highest BCUT2D eigenvalue weighted by molar-refractivity contribution is 7.16. The Balaban J connectivity index is 1.48. The number of hydrogen-bond acceptors (Lipinski definition) is 4. The smallest absolute Gasteiger partial charge is 0.305 e. The molecule has 0 aliphatic carbocycles. The summed E-state index contributed by atoms with van der Waals surface area (Å²) in [5, 5.41) is 6.31. The van der Waals surface area contributed by atoms with Gasteiger partial charge in [-0.2, -0.15) is 0 Å². The summed E-state index contributed by atoms with van der Waals surface area (Å²) in [6.07, 6.45) is 2.39. The van der Waals surface area contributed by atoms with Crippen molar-refractivity contribution < 1.29 is 4.79 Å². The molecule has 0 saturated carbocycles. The molecule has 2 heterocycles. The van der Waals surface area contributed by atoms with Gasteiger partial charge in [-0.1, -0.05) is 23.5 Å². The summed E-state index contributed by atoms with van der Waals surface area (Å²) < 4.78 is 0.836. The molecule has 1 amide bonds. The molecule has 3 aromatic rings. The average molecular weight is 353 g/mol. The van der Waals surface area contributed by atoms with Gasteiger partial charge in [-0.15, -0.1) is 0 Å². The number of rotatable bonds is 3. The number of hydrogen-bond donors (Lipinski definition) is 3. The Labute approximate surface area is 149 Å². The van der Waals surface area contributed by atoms with Crippen LogP contribution in [0.25, 0.3) is 10.2 Å². The number of aromatic amines is 1. The second-order valence-corrected chi connectivity index (χ2v) is 7.36. The first-order valence-corrected chi connectivity index (χ1v) is 9.25. The molecule has 1 fully saturated rings. The Bertz CT molecular complexity index is 953. The molecule has 1 aromatic heterocycles. The summed E-state index contributed by atoms with van der Waals surface area (Å²) in [7, 11) is 0. The number of nitrogens with one attached hydrogen (secondary N) is 3. The monoisotopic (exact) mass is 353 g/mol. The van der Waals surface area contributed by atoms with E-state index in [4.69, 9.17) is 0 Å². The molecule has 25 heavy (non-hydrogen) atoms. The maximum absolute atomic E-state index is 12.5. The summed E-state index contributed by atoms with van der Waals surface area (Å²) >= 11 is 1.14. The van der Waals surface area contributed by atoms with E-state index in [2.05, 4.69) is 15.6 Å². The fourth-order valence-corrected chi connectivity index (χ4v) is 4.05. The van der Waals surface area contributed by atoms with Gasteiger partial charge in [0.25, 0.3) is 5.91 Å². The minimum Gasteiger partial charge on any atom is -0.322 e. The second kappa shape index (κ2) is 6.82. The van der Waals surface area contributed by atoms with Gasteiger partial charge in [-0.3, -0.25) is 9.59 Å². The van der Waals surface area contributed by atoms with E-state index in [1.54, 1.807) is 6.07 Å². The van der Waals surface area contributed by atoms with Crippen molar-refractivity contribution in [3.8, 4) is 0 Å². The van der Waals surface area contributed by atoms with Gasteiger partial charge in [-0.05, 0) is 61.2 Å². The fourth-order valence-electron chi connectivity index (χ4n) is 3.27. The number of piperidine rings is 1.